The molecule has 9 aromatic carbocycles. The Morgan fingerprint density at radius 2 is 0.767 bits per heavy atom. The van der Waals surface area contributed by atoms with Gasteiger partial charge in [0.15, 0.2) is 33.3 Å². The second-order valence-corrected chi connectivity index (χ2v) is 52.1. The minimum absolute atomic E-state index is 0.0120. The standard InChI is InChI=1S/2C36H34N6O2.C29H27N5O2.C7H9NO.C4H3I3.C4H4I2/c1-24-18-33-38-21-30-20-32(27-7-3-2-4-8-27)34(39-35(30)42(33)40-24)28-12-10-25(11-13-28)22-41-16-14-29(15-17-41)36(43)44-23-26-6-5-9-31(37)19-26;1-24-18-33-37-21-30-20-32(27-7-3-2-4-8-27)34(39-35(30)42(33)40-24)28-12-10-25(11-13-28)22-41-16-14-29(15-17-41)36(44)38-31-9-5-6-26(19-31)23-43;1-19-15-26-30-17-24-16-25(21-5-3-2-4-6-21)27(31-28(24)34(26)32-19)22-9-7-20(8-10-22)18-33-13-11-23(12-14-33)29(35)36;8-7-3-1-2-6(4-7)5-9;1-2-3-4(5,6)7;1-2-3-4(5)6/h2-13,18-21,29H,14-17,22-23,37H2,1H3;2-13,18-21,29,43H,14-17,22-23H2,1H3,(H,38,44);2-10,15-17,23H,11-14,18H2,1H3,(H,35,36);1-4,9H,5,8H2;1H3;4H,1H3. The maximum absolute atomic E-state index is 12.9. The van der Waals surface area contributed by atoms with Crippen molar-refractivity contribution < 1.29 is 34.4 Å². The molecule has 3 fully saturated rings. The summed E-state index contributed by atoms with van der Waals surface area (Å²) in [7, 11) is 0. The van der Waals surface area contributed by atoms with Crippen molar-refractivity contribution in [3.05, 3.63) is 342 Å². The Bertz CT molecular complexity index is 7720. The summed E-state index contributed by atoms with van der Waals surface area (Å²) in [4.78, 5) is 73.2. The number of aromatic nitrogens is 12. The molecule has 0 saturated carbocycles. The highest BCUT2D eigenvalue weighted by Gasteiger charge is 2.30. The molecule has 0 radical (unpaired) electrons. The number of aliphatic hydroxyl groups excluding tert-OH is 2. The van der Waals surface area contributed by atoms with Crippen LogP contribution in [0.3, 0.4) is 0 Å². The molecule has 742 valence electrons. The number of aryl methyl sites for hydroxylation is 3. The van der Waals surface area contributed by atoms with Crippen LogP contribution in [0.15, 0.2) is 292 Å². The molecule has 0 aliphatic carbocycles. The number of piperidine rings is 3. The van der Waals surface area contributed by atoms with E-state index in [-0.39, 0.29) is 48.9 Å². The van der Waals surface area contributed by atoms with E-state index in [0.717, 1.165) is 241 Å². The van der Waals surface area contributed by atoms with Crippen molar-refractivity contribution in [1.82, 2.24) is 73.4 Å². The van der Waals surface area contributed by atoms with Gasteiger partial charge in [-0.2, -0.15) is 28.8 Å². The number of benzene rings is 9. The molecule has 0 atom stereocenters. The van der Waals surface area contributed by atoms with E-state index in [4.69, 9.17) is 36.3 Å². The van der Waals surface area contributed by atoms with Crippen molar-refractivity contribution in [1.29, 1.82) is 0 Å². The number of hydrogen-bond donors (Lipinski definition) is 6. The number of alkyl halides is 5. The van der Waals surface area contributed by atoms with Gasteiger partial charge in [-0.3, -0.25) is 29.1 Å². The quantitative estimate of drug-likeness (QED) is 0.0136. The molecular weight excluding hydrogens is 2390 g/mol. The van der Waals surface area contributed by atoms with Crippen LogP contribution in [0.25, 0.3) is 117 Å². The number of hydrogen-bond acceptors (Lipinski definition) is 20. The third kappa shape index (κ3) is 28.5. The van der Waals surface area contributed by atoms with Gasteiger partial charge in [0.1, 0.15) is 8.54 Å². The number of carbonyl (C=O) groups is 3. The first kappa shape index (κ1) is 106. The highest BCUT2D eigenvalue weighted by molar-refractivity contribution is 14.3. The fourth-order valence-electron chi connectivity index (χ4n) is 18.1. The van der Waals surface area contributed by atoms with Gasteiger partial charge < -0.3 is 36.8 Å². The number of aliphatic hydroxyl groups is 2. The normalized spacial score (nSPS) is 13.7. The Labute approximate surface area is 917 Å². The number of carboxylic acids is 1. The number of pyridine rings is 3. The Balaban J connectivity index is 0.000000142. The van der Waals surface area contributed by atoms with Crippen LogP contribution in [-0.2, 0) is 58.6 Å². The number of aliphatic carboxylic acids is 1. The smallest absolute Gasteiger partial charge is 0.309 e. The van der Waals surface area contributed by atoms with Gasteiger partial charge in [-0.25, -0.2) is 29.9 Å². The number of likely N-dealkylation sites (tertiary alicyclic amines) is 3. The van der Waals surface area contributed by atoms with Crippen LogP contribution in [0.5, 0.6) is 0 Å². The van der Waals surface area contributed by atoms with E-state index in [2.05, 4.69) is 314 Å². The first-order valence-corrected chi connectivity index (χ1v) is 54.0. The Kier molecular flexibility index (Phi) is 37.1. The van der Waals surface area contributed by atoms with Gasteiger partial charge in [-0.1, -0.05) is 257 Å². The number of nitrogens with two attached hydrogens (primary N) is 2. The summed E-state index contributed by atoms with van der Waals surface area (Å²) in [6.45, 7) is 17.5. The van der Waals surface area contributed by atoms with E-state index < -0.39 is 5.97 Å². The molecule has 0 bridgehead atoms. The number of fused-ring (bicyclic) bond motifs is 9. The molecular formula is C116H111I5N18O7. The molecule has 146 heavy (non-hydrogen) atoms. The van der Waals surface area contributed by atoms with Crippen molar-refractivity contribution in [3.8, 4) is 90.8 Å². The van der Waals surface area contributed by atoms with Crippen molar-refractivity contribution in [2.45, 2.75) is 114 Å². The minimum Gasteiger partial charge on any atom is -0.481 e. The molecule has 1 amide bonds. The summed E-state index contributed by atoms with van der Waals surface area (Å²) < 4.78 is 11.6. The van der Waals surface area contributed by atoms with Gasteiger partial charge in [0.05, 0.1) is 59.2 Å². The van der Waals surface area contributed by atoms with Crippen LogP contribution in [0.1, 0.15) is 103 Å². The predicted molar refractivity (Wildman–Crippen MR) is 625 cm³/mol. The Morgan fingerprint density at radius 1 is 0.418 bits per heavy atom. The summed E-state index contributed by atoms with van der Waals surface area (Å²) in [5, 5.41) is 47.0. The average molecular weight is 2500 g/mol. The Morgan fingerprint density at radius 3 is 1.09 bits per heavy atom. The number of carboxylic acid groups (broad SMARTS) is 1. The van der Waals surface area contributed by atoms with E-state index in [1.807, 2.05) is 200 Å². The molecule has 3 aliphatic heterocycles. The van der Waals surface area contributed by atoms with Crippen LogP contribution < -0.4 is 16.8 Å². The number of carbonyl (C=O) groups excluding carboxylic acids is 2. The summed E-state index contributed by atoms with van der Waals surface area (Å²) in [6.07, 6.45) is 10.3. The first-order chi connectivity index (χ1) is 70.7. The maximum atomic E-state index is 12.9. The van der Waals surface area contributed by atoms with Crippen molar-refractivity contribution >= 4 is 198 Å². The van der Waals surface area contributed by atoms with Gasteiger partial charge in [0, 0.05) is 129 Å². The molecule has 21 rings (SSSR count). The zero-order valence-electron chi connectivity index (χ0n) is 81.5. The topological polar surface area (TPSA) is 324 Å². The molecule has 0 unspecified atom stereocenters. The van der Waals surface area contributed by atoms with Gasteiger partial charge in [-0.05, 0) is 285 Å². The highest BCUT2D eigenvalue weighted by Crippen LogP contribution is 2.40. The third-order valence-electron chi connectivity index (χ3n) is 25.5. The second kappa shape index (κ2) is 50.8. The Hall–Kier alpha value is -12.4. The number of ether oxygens (including phenoxy) is 1. The minimum atomic E-state index is -0.672. The maximum Gasteiger partial charge on any atom is 0.309 e. The van der Waals surface area contributed by atoms with Crippen molar-refractivity contribution in [2.24, 2.45) is 17.8 Å². The lowest BCUT2D eigenvalue weighted by molar-refractivity contribution is -0.151. The number of amides is 1. The molecule has 3 saturated heterocycles. The van der Waals surface area contributed by atoms with Gasteiger partial charge in [0.25, 0.3) is 0 Å². The van der Waals surface area contributed by atoms with Crippen LogP contribution in [0, 0.1) is 62.2 Å². The van der Waals surface area contributed by atoms with Crippen LogP contribution in [0.4, 0.5) is 17.1 Å². The first-order valence-electron chi connectivity index (χ1n) is 48.3. The van der Waals surface area contributed by atoms with Crippen LogP contribution in [-0.4, -0.2) is 147 Å². The lowest BCUT2D eigenvalue weighted by Crippen LogP contribution is -2.37. The van der Waals surface area contributed by atoms with E-state index in [1.54, 1.807) is 12.1 Å². The summed E-state index contributed by atoms with van der Waals surface area (Å²) >= 11 is 11.3. The largest absolute Gasteiger partial charge is 0.481 e. The zero-order chi connectivity index (χ0) is 102. The fraction of sp³-hybridized carbons (Fsp3) is 0.241. The molecule has 30 heteroatoms. The van der Waals surface area contributed by atoms with Crippen LogP contribution >= 0.6 is 113 Å². The molecule has 3 aliphatic rings. The number of esters is 1. The predicted octanol–water partition coefficient (Wildman–Crippen LogP) is 23.9. The molecule has 9 aromatic heterocycles. The van der Waals surface area contributed by atoms with Gasteiger partial charge in [0.2, 0.25) is 5.91 Å². The molecule has 12 heterocycles. The molecule has 18 aromatic rings. The summed E-state index contributed by atoms with van der Waals surface area (Å²) in [5.41, 5.74) is 39.4. The number of nitrogen functional groups attached to an aromatic ring is 2. The fourth-order valence-corrected chi connectivity index (χ4v) is 19.6. The van der Waals surface area contributed by atoms with E-state index in [9.17, 15) is 24.6 Å². The highest BCUT2D eigenvalue weighted by atomic mass is 127. The van der Waals surface area contributed by atoms with Crippen molar-refractivity contribution in [2.75, 3.05) is 56.1 Å². The lowest BCUT2D eigenvalue weighted by Gasteiger charge is -2.31. The van der Waals surface area contributed by atoms with E-state index in [0.29, 0.717) is 26.1 Å². The number of nitrogens with zero attached hydrogens (tertiary/aromatic N) is 15. The van der Waals surface area contributed by atoms with Gasteiger partial charge >= 0.3 is 11.9 Å². The van der Waals surface area contributed by atoms with Crippen LogP contribution in [0.2, 0.25) is 0 Å². The van der Waals surface area contributed by atoms with Crippen molar-refractivity contribution in [3.63, 3.8) is 0 Å². The molecule has 25 nitrogen and oxygen atoms in total. The van der Waals surface area contributed by atoms with E-state index in [1.165, 1.54) is 16.7 Å². The molecule has 0 spiro atoms. The average Bonchev–Trinajstić information content (AvgIpc) is 1.39. The number of anilines is 3. The summed E-state index contributed by atoms with van der Waals surface area (Å²) in [6, 6.07) is 91.3. The number of nitrogens with one attached hydrogen (secondary N) is 1. The zero-order valence-corrected chi connectivity index (χ0v) is 92.3. The second-order valence-electron chi connectivity index (χ2n) is 36.2. The van der Waals surface area contributed by atoms with Gasteiger partial charge in [-0.15, -0.1) is 11.8 Å². The number of halogens is 5. The molecule has 8 N–H and O–H groups in total. The van der Waals surface area contributed by atoms with E-state index >= 15 is 0 Å². The summed E-state index contributed by atoms with van der Waals surface area (Å²) in [5.74, 6) is 10.5. The third-order valence-corrected chi connectivity index (χ3v) is 26.9. The lowest BCUT2D eigenvalue weighted by atomic mass is 9.95. The number of rotatable bonds is 20. The monoisotopic (exact) mass is 2500 g/mol. The SMILES string of the molecule is CC#CC(I)(I)I.CC#CC(I)I.Cc1cc2ncc3cc(-c4ccccc4)c(-c4ccc(CN5CCC(C(=O)Nc6cccc(CO)c6)CC5)cc4)nc3n2n1.Cc1cc2ncc3cc(-c4ccccc4)c(-c4ccc(CN5CCC(C(=O)O)CC5)cc4)nc3n2n1.Cc1cc2ncc3cc(-c4ccccc4)c(-c4ccc(CN5CCC(C(=O)OCc6cccc(N)c6)CC5)cc4)nc3n2n1.Nc1cccc(CO)c1.